The molecule has 5 nitrogen and oxygen atoms in total. The molecule has 1 aromatic rings. The highest BCUT2D eigenvalue weighted by molar-refractivity contribution is 5.74. The van der Waals surface area contributed by atoms with E-state index in [0.717, 1.165) is 52.0 Å². The number of nitrogens with zero attached hydrogens (tertiary/aromatic N) is 1. The minimum absolute atomic E-state index is 0.0436. The number of carbonyl (C=O) groups excluding carboxylic acids is 1. The Hall–Kier alpha value is -1.43. The maximum Gasteiger partial charge on any atom is 0.217 e. The molecular weight excluding hydrogens is 328 g/mol. The monoisotopic (exact) mass is 358 g/mol. The second kappa shape index (κ2) is 6.95. The number of rotatable bonds is 6. The fourth-order valence-electron chi connectivity index (χ4n) is 4.67. The second-order valence-corrected chi connectivity index (χ2v) is 8.28. The smallest absolute Gasteiger partial charge is 0.217 e. The van der Waals surface area contributed by atoms with Crippen molar-refractivity contribution in [3.05, 3.63) is 35.4 Å². The molecular formula is C21H30N2O3. The third-order valence-corrected chi connectivity index (χ3v) is 6.24. The lowest BCUT2D eigenvalue weighted by molar-refractivity contribution is -0.146. The summed E-state index contributed by atoms with van der Waals surface area (Å²) in [4.78, 5) is 14.4. The fraction of sp³-hybridized carbons (Fsp3) is 0.667. The molecule has 26 heavy (non-hydrogen) atoms. The molecule has 3 fully saturated rings. The van der Waals surface area contributed by atoms with E-state index in [4.69, 9.17) is 9.47 Å². The molecule has 1 amide bonds. The fourth-order valence-corrected chi connectivity index (χ4v) is 4.67. The van der Waals surface area contributed by atoms with Crippen LogP contribution in [0.1, 0.15) is 43.7 Å². The van der Waals surface area contributed by atoms with E-state index in [0.29, 0.717) is 12.6 Å². The number of hydrogen-bond acceptors (Lipinski definition) is 4. The lowest BCUT2D eigenvalue weighted by Gasteiger charge is -2.57. The lowest BCUT2D eigenvalue weighted by Crippen LogP contribution is -2.78. The van der Waals surface area contributed by atoms with Crippen molar-refractivity contribution in [3.63, 3.8) is 0 Å². The second-order valence-electron chi connectivity index (χ2n) is 8.28. The molecule has 1 aromatic carbocycles. The first kappa shape index (κ1) is 18.0. The van der Waals surface area contributed by atoms with Gasteiger partial charge in [0.1, 0.15) is 0 Å². The third-order valence-electron chi connectivity index (χ3n) is 6.24. The van der Waals surface area contributed by atoms with Crippen LogP contribution >= 0.6 is 0 Å². The summed E-state index contributed by atoms with van der Waals surface area (Å²) in [5, 5.41) is 3.28. The minimum Gasteiger partial charge on any atom is -0.381 e. The van der Waals surface area contributed by atoms with Crippen LogP contribution in [-0.2, 0) is 20.9 Å². The summed E-state index contributed by atoms with van der Waals surface area (Å²) in [6.07, 6.45) is 4.24. The van der Waals surface area contributed by atoms with Crippen LogP contribution in [0.2, 0.25) is 0 Å². The zero-order chi connectivity index (χ0) is 18.2. The van der Waals surface area contributed by atoms with Crippen LogP contribution in [0.15, 0.2) is 24.3 Å². The van der Waals surface area contributed by atoms with E-state index in [-0.39, 0.29) is 17.0 Å². The molecule has 0 spiro atoms. The van der Waals surface area contributed by atoms with E-state index in [9.17, 15) is 4.79 Å². The van der Waals surface area contributed by atoms with Crippen molar-refractivity contribution in [2.24, 2.45) is 0 Å². The maximum atomic E-state index is 11.9. The highest BCUT2D eigenvalue weighted by Crippen LogP contribution is 2.53. The number of carbonyl (C=O) groups is 1. The van der Waals surface area contributed by atoms with Gasteiger partial charge in [-0.3, -0.25) is 9.69 Å². The Morgan fingerprint density at radius 1 is 1.31 bits per heavy atom. The van der Waals surface area contributed by atoms with Gasteiger partial charge in [0.2, 0.25) is 5.91 Å². The predicted molar refractivity (Wildman–Crippen MR) is 99.9 cm³/mol. The SMILES string of the molecule is CC(=O)NC1(C2(OCc3cccc(C)c3)CC2)CN(C2CCOCC2)C1. The molecule has 0 radical (unpaired) electrons. The summed E-state index contributed by atoms with van der Waals surface area (Å²) in [6, 6.07) is 9.05. The van der Waals surface area contributed by atoms with Crippen molar-refractivity contribution in [1.82, 2.24) is 10.2 Å². The summed E-state index contributed by atoms with van der Waals surface area (Å²) in [6.45, 7) is 7.82. The topological polar surface area (TPSA) is 50.8 Å². The molecule has 1 saturated carbocycles. The summed E-state index contributed by atoms with van der Waals surface area (Å²) in [5.41, 5.74) is 2.02. The number of aryl methyl sites for hydroxylation is 1. The van der Waals surface area contributed by atoms with Crippen molar-refractivity contribution in [3.8, 4) is 0 Å². The largest absolute Gasteiger partial charge is 0.381 e. The Morgan fingerprint density at radius 3 is 2.65 bits per heavy atom. The average molecular weight is 358 g/mol. The number of amides is 1. The summed E-state index contributed by atoms with van der Waals surface area (Å²) >= 11 is 0. The quantitative estimate of drug-likeness (QED) is 0.848. The molecule has 1 aliphatic carbocycles. The van der Waals surface area contributed by atoms with Crippen molar-refractivity contribution in [1.29, 1.82) is 0 Å². The van der Waals surface area contributed by atoms with Crippen molar-refractivity contribution in [2.45, 2.75) is 63.3 Å². The van der Waals surface area contributed by atoms with Crippen LogP contribution in [-0.4, -0.2) is 54.3 Å². The zero-order valence-corrected chi connectivity index (χ0v) is 15.9. The predicted octanol–water partition coefficient (Wildman–Crippen LogP) is 2.41. The van der Waals surface area contributed by atoms with Crippen LogP contribution in [0.25, 0.3) is 0 Å². The van der Waals surface area contributed by atoms with Gasteiger partial charge in [-0.2, -0.15) is 0 Å². The van der Waals surface area contributed by atoms with Gasteiger partial charge in [-0.1, -0.05) is 29.8 Å². The Morgan fingerprint density at radius 2 is 2.04 bits per heavy atom. The molecule has 3 aliphatic rings. The highest BCUT2D eigenvalue weighted by atomic mass is 16.5. The molecule has 4 rings (SSSR count). The number of benzene rings is 1. The molecule has 0 bridgehead atoms. The number of nitrogens with one attached hydrogen (secondary N) is 1. The van der Waals surface area contributed by atoms with Gasteiger partial charge in [-0.15, -0.1) is 0 Å². The van der Waals surface area contributed by atoms with Crippen LogP contribution in [0.4, 0.5) is 0 Å². The van der Waals surface area contributed by atoms with E-state index in [2.05, 4.69) is 41.4 Å². The van der Waals surface area contributed by atoms with Gasteiger partial charge in [-0.05, 0) is 38.2 Å². The van der Waals surface area contributed by atoms with Gasteiger partial charge < -0.3 is 14.8 Å². The van der Waals surface area contributed by atoms with Crippen LogP contribution in [0.5, 0.6) is 0 Å². The van der Waals surface area contributed by atoms with Crippen molar-refractivity contribution in [2.75, 3.05) is 26.3 Å². The molecule has 0 aromatic heterocycles. The average Bonchev–Trinajstić information content (AvgIpc) is 3.38. The molecule has 142 valence electrons. The molecule has 0 unspecified atom stereocenters. The first-order valence-electron chi connectivity index (χ1n) is 9.82. The summed E-state index contributed by atoms with van der Waals surface area (Å²) in [7, 11) is 0. The number of likely N-dealkylation sites (tertiary alicyclic amines) is 1. The zero-order valence-electron chi connectivity index (χ0n) is 15.9. The molecule has 2 heterocycles. The summed E-state index contributed by atoms with van der Waals surface area (Å²) < 4.78 is 12.0. The van der Waals surface area contributed by atoms with E-state index in [1.807, 2.05) is 0 Å². The van der Waals surface area contributed by atoms with Gasteiger partial charge in [0.25, 0.3) is 0 Å². The Balaban J connectivity index is 1.43. The molecule has 1 N–H and O–H groups in total. The Kier molecular flexibility index (Phi) is 4.80. The highest BCUT2D eigenvalue weighted by Gasteiger charge is 2.66. The van der Waals surface area contributed by atoms with Gasteiger partial charge >= 0.3 is 0 Å². The van der Waals surface area contributed by atoms with Crippen LogP contribution in [0.3, 0.4) is 0 Å². The van der Waals surface area contributed by atoms with E-state index < -0.39 is 0 Å². The molecule has 5 heteroatoms. The molecule has 2 saturated heterocycles. The number of ether oxygens (including phenoxy) is 2. The first-order valence-corrected chi connectivity index (χ1v) is 9.82. The van der Waals surface area contributed by atoms with Crippen molar-refractivity contribution < 1.29 is 14.3 Å². The van der Waals surface area contributed by atoms with Gasteiger partial charge in [0.15, 0.2) is 0 Å². The molecule has 2 aliphatic heterocycles. The van der Waals surface area contributed by atoms with E-state index in [1.54, 1.807) is 6.92 Å². The Bertz CT molecular complexity index is 659. The molecule has 0 atom stereocenters. The third kappa shape index (κ3) is 3.40. The first-order chi connectivity index (χ1) is 12.5. The van der Waals surface area contributed by atoms with E-state index in [1.165, 1.54) is 11.1 Å². The van der Waals surface area contributed by atoms with Crippen LogP contribution in [0, 0.1) is 6.92 Å². The normalized spacial score (nSPS) is 24.7. The minimum atomic E-state index is -0.235. The van der Waals surface area contributed by atoms with Gasteiger partial charge in [0.05, 0.1) is 17.7 Å². The maximum absolute atomic E-state index is 11.9. The lowest BCUT2D eigenvalue weighted by atomic mass is 9.79. The van der Waals surface area contributed by atoms with Gasteiger partial charge in [0, 0.05) is 39.3 Å². The summed E-state index contributed by atoms with van der Waals surface area (Å²) in [5.74, 6) is 0.0436. The number of hydrogen-bond donors (Lipinski definition) is 1. The standard InChI is InChI=1S/C21H30N2O3/c1-16-4-3-5-18(12-16)13-26-21(8-9-21)20(22-17(2)24)14-23(15-20)19-6-10-25-11-7-19/h3-5,12,19H,6-11,13-15H2,1-2H3,(H,22,24). The van der Waals surface area contributed by atoms with Crippen LogP contribution < -0.4 is 5.32 Å². The van der Waals surface area contributed by atoms with Crippen molar-refractivity contribution >= 4 is 5.91 Å². The van der Waals surface area contributed by atoms with Gasteiger partial charge in [-0.25, -0.2) is 0 Å². The van der Waals surface area contributed by atoms with E-state index >= 15 is 0 Å². The Labute approximate surface area is 156 Å².